The molecule has 0 saturated heterocycles. The largest absolute Gasteiger partial charge is 0.386 e. The number of nitrogens with zero attached hydrogens (tertiary/aromatic N) is 2. The lowest BCUT2D eigenvalue weighted by Gasteiger charge is -2.06. The van der Waals surface area contributed by atoms with Crippen LogP contribution in [0.15, 0.2) is 36.4 Å². The maximum Gasteiger partial charge on any atom is 0.347 e. The number of carbonyl (C=O) groups excluding carboxylic acids is 2. The molecule has 0 unspecified atom stereocenters. The average Bonchev–Trinajstić information content (AvgIpc) is 2.54. The third kappa shape index (κ3) is 3.73. The first kappa shape index (κ1) is 18.3. The maximum absolute atomic E-state index is 12.0. The molecule has 2 aromatic carbocycles. The first-order valence-corrected chi connectivity index (χ1v) is 7.12. The summed E-state index contributed by atoms with van der Waals surface area (Å²) in [6.45, 7) is 0. The summed E-state index contributed by atoms with van der Waals surface area (Å²) in [6, 6.07) is 6.76. The van der Waals surface area contributed by atoms with Gasteiger partial charge in [-0.3, -0.25) is 20.2 Å². The molecule has 2 rings (SSSR count). The predicted molar refractivity (Wildman–Crippen MR) is 86.0 cm³/mol. The number of benzene rings is 2. The van der Waals surface area contributed by atoms with Crippen molar-refractivity contribution in [1.82, 2.24) is 0 Å². The smallest absolute Gasteiger partial charge is 0.347 e. The molecule has 2 aromatic rings. The standard InChI is InChI=1S/C14H6Cl2N2O7/c15-11-7(3-1-5-9(11)17(21)22)13(19)25-14(20)8-4-2-6-10(12(8)16)18(23)24/h1-6H. The monoisotopic (exact) mass is 384 g/mol. The van der Waals surface area contributed by atoms with E-state index in [4.69, 9.17) is 23.2 Å². The summed E-state index contributed by atoms with van der Waals surface area (Å²) in [5.41, 5.74) is -1.91. The minimum atomic E-state index is -1.26. The third-order valence-electron chi connectivity index (χ3n) is 2.98. The lowest BCUT2D eigenvalue weighted by atomic mass is 10.2. The molecule has 0 aromatic heterocycles. The topological polar surface area (TPSA) is 130 Å². The predicted octanol–water partition coefficient (Wildman–Crippen LogP) is 3.81. The quantitative estimate of drug-likeness (QED) is 0.339. The highest BCUT2D eigenvalue weighted by Gasteiger charge is 2.26. The Morgan fingerprint density at radius 2 is 1.16 bits per heavy atom. The summed E-state index contributed by atoms with van der Waals surface area (Å²) in [5, 5.41) is 20.6. The molecule has 0 radical (unpaired) electrons. The van der Waals surface area contributed by atoms with Gasteiger partial charge in [0, 0.05) is 12.1 Å². The van der Waals surface area contributed by atoms with Crippen LogP contribution in [0, 0.1) is 20.2 Å². The average molecular weight is 385 g/mol. The number of rotatable bonds is 4. The van der Waals surface area contributed by atoms with Gasteiger partial charge in [0.1, 0.15) is 10.0 Å². The molecule has 0 aliphatic carbocycles. The van der Waals surface area contributed by atoms with Crippen molar-refractivity contribution in [2.75, 3.05) is 0 Å². The molecule has 0 heterocycles. The highest BCUT2D eigenvalue weighted by atomic mass is 35.5. The molecule has 0 amide bonds. The molecule has 11 heteroatoms. The van der Waals surface area contributed by atoms with Gasteiger partial charge in [-0.2, -0.15) is 0 Å². The van der Waals surface area contributed by atoms with E-state index < -0.39 is 54.3 Å². The fraction of sp³-hybridized carbons (Fsp3) is 0. The van der Waals surface area contributed by atoms with E-state index in [-0.39, 0.29) is 0 Å². The fourth-order valence-electron chi connectivity index (χ4n) is 1.83. The van der Waals surface area contributed by atoms with Gasteiger partial charge >= 0.3 is 11.9 Å². The Balaban J connectivity index is 2.32. The van der Waals surface area contributed by atoms with E-state index in [1.807, 2.05) is 0 Å². The number of halogens is 2. The number of nitro benzene ring substituents is 2. The summed E-state index contributed by atoms with van der Waals surface area (Å²) in [5.74, 6) is -2.53. The lowest BCUT2D eigenvalue weighted by molar-refractivity contribution is -0.384. The van der Waals surface area contributed by atoms with Crippen molar-refractivity contribution in [2.24, 2.45) is 0 Å². The number of hydrogen-bond acceptors (Lipinski definition) is 7. The Morgan fingerprint density at radius 3 is 1.48 bits per heavy atom. The van der Waals surface area contributed by atoms with Gasteiger partial charge in [0.25, 0.3) is 11.4 Å². The van der Waals surface area contributed by atoms with Gasteiger partial charge in [-0.15, -0.1) is 0 Å². The Hall–Kier alpha value is -3.04. The van der Waals surface area contributed by atoms with Crippen LogP contribution in [-0.2, 0) is 4.74 Å². The molecule has 9 nitrogen and oxygen atoms in total. The highest BCUT2D eigenvalue weighted by molar-refractivity contribution is 6.37. The molecule has 0 fully saturated rings. The molecule has 0 atom stereocenters. The minimum absolute atomic E-state index is 0.411. The molecular weight excluding hydrogens is 379 g/mol. The Kier molecular flexibility index (Phi) is 5.30. The van der Waals surface area contributed by atoms with Crippen molar-refractivity contribution in [2.45, 2.75) is 0 Å². The molecule has 0 bridgehead atoms. The van der Waals surface area contributed by atoms with Gasteiger partial charge in [0.05, 0.1) is 21.0 Å². The van der Waals surface area contributed by atoms with E-state index in [0.29, 0.717) is 0 Å². The van der Waals surface area contributed by atoms with Gasteiger partial charge in [-0.25, -0.2) is 9.59 Å². The molecule has 0 N–H and O–H groups in total. The maximum atomic E-state index is 12.0. The summed E-state index contributed by atoms with van der Waals surface area (Å²) in [6.07, 6.45) is 0. The van der Waals surface area contributed by atoms with Crippen LogP contribution >= 0.6 is 23.2 Å². The molecule has 0 aliphatic heterocycles. The SMILES string of the molecule is O=C(OC(=O)c1cccc([N+](=O)[O-])c1Cl)c1cccc([N+](=O)[O-])c1Cl. The molecule has 0 aliphatic rings. The van der Waals surface area contributed by atoms with Crippen molar-refractivity contribution in [3.63, 3.8) is 0 Å². The first-order valence-electron chi connectivity index (χ1n) is 6.36. The Labute approximate surface area is 149 Å². The van der Waals surface area contributed by atoms with Crippen LogP contribution in [0.4, 0.5) is 11.4 Å². The van der Waals surface area contributed by atoms with Crippen LogP contribution in [0.5, 0.6) is 0 Å². The second kappa shape index (κ2) is 7.24. The number of ether oxygens (including phenoxy) is 1. The van der Waals surface area contributed by atoms with Gasteiger partial charge in [0.2, 0.25) is 0 Å². The van der Waals surface area contributed by atoms with Gasteiger partial charge in [0.15, 0.2) is 0 Å². The van der Waals surface area contributed by atoms with E-state index in [9.17, 15) is 29.8 Å². The normalized spacial score (nSPS) is 10.2. The molecule has 25 heavy (non-hydrogen) atoms. The van der Waals surface area contributed by atoms with Crippen molar-refractivity contribution in [1.29, 1.82) is 0 Å². The van der Waals surface area contributed by atoms with Crippen LogP contribution in [0.3, 0.4) is 0 Å². The van der Waals surface area contributed by atoms with Crippen LogP contribution in [-0.4, -0.2) is 21.8 Å². The van der Waals surface area contributed by atoms with E-state index in [1.165, 1.54) is 12.1 Å². The Morgan fingerprint density at radius 1 is 0.800 bits per heavy atom. The second-order valence-corrected chi connectivity index (χ2v) is 5.22. The number of nitro groups is 2. The number of hydrogen-bond donors (Lipinski definition) is 0. The van der Waals surface area contributed by atoms with Crippen molar-refractivity contribution in [3.05, 3.63) is 77.8 Å². The van der Waals surface area contributed by atoms with E-state index in [2.05, 4.69) is 4.74 Å². The first-order chi connectivity index (χ1) is 11.7. The molecule has 128 valence electrons. The molecule has 0 saturated carbocycles. The number of esters is 2. The van der Waals surface area contributed by atoms with Gasteiger partial charge in [-0.1, -0.05) is 35.3 Å². The van der Waals surface area contributed by atoms with Crippen molar-refractivity contribution >= 4 is 46.5 Å². The van der Waals surface area contributed by atoms with Crippen LogP contribution in [0.25, 0.3) is 0 Å². The van der Waals surface area contributed by atoms with Crippen molar-refractivity contribution in [3.8, 4) is 0 Å². The zero-order chi connectivity index (χ0) is 18.7. The van der Waals surface area contributed by atoms with Crippen LogP contribution in [0.2, 0.25) is 10.0 Å². The minimum Gasteiger partial charge on any atom is -0.386 e. The molecular formula is C14H6Cl2N2O7. The van der Waals surface area contributed by atoms with Crippen molar-refractivity contribution < 1.29 is 24.2 Å². The fourth-order valence-corrected chi connectivity index (χ4v) is 2.38. The third-order valence-corrected chi connectivity index (χ3v) is 3.77. The zero-order valence-electron chi connectivity index (χ0n) is 12.0. The van der Waals surface area contributed by atoms with Crippen LogP contribution in [0.1, 0.15) is 20.7 Å². The summed E-state index contributed by atoms with van der Waals surface area (Å²) < 4.78 is 4.56. The van der Waals surface area contributed by atoms with Crippen LogP contribution < -0.4 is 0 Å². The summed E-state index contributed by atoms with van der Waals surface area (Å²) >= 11 is 11.5. The van der Waals surface area contributed by atoms with E-state index in [1.54, 1.807) is 0 Å². The second-order valence-electron chi connectivity index (χ2n) is 4.47. The highest BCUT2D eigenvalue weighted by Crippen LogP contribution is 2.30. The van der Waals surface area contributed by atoms with Gasteiger partial charge < -0.3 is 4.74 Å². The number of carbonyl (C=O) groups is 2. The summed E-state index contributed by atoms with van der Waals surface area (Å²) in [7, 11) is 0. The molecule has 0 spiro atoms. The van der Waals surface area contributed by atoms with E-state index >= 15 is 0 Å². The lowest BCUT2D eigenvalue weighted by Crippen LogP contribution is -2.14. The Bertz CT molecular complexity index is 841. The summed E-state index contributed by atoms with van der Waals surface area (Å²) in [4.78, 5) is 44.1. The van der Waals surface area contributed by atoms with Gasteiger partial charge in [-0.05, 0) is 12.1 Å². The van der Waals surface area contributed by atoms with E-state index in [0.717, 1.165) is 24.3 Å². The zero-order valence-corrected chi connectivity index (χ0v) is 13.5.